The van der Waals surface area contributed by atoms with Crippen molar-refractivity contribution in [3.8, 4) is 0 Å². The van der Waals surface area contributed by atoms with E-state index in [1.54, 1.807) is 10.4 Å². The fourth-order valence-corrected chi connectivity index (χ4v) is 5.18. The highest BCUT2D eigenvalue weighted by Gasteiger charge is 2.34. The fourth-order valence-electron chi connectivity index (χ4n) is 2.33. The summed E-state index contributed by atoms with van der Waals surface area (Å²) in [6.45, 7) is 4.86. The first-order valence-corrected chi connectivity index (χ1v) is 9.21. The first-order valence-electron chi connectivity index (χ1n) is 6.90. The topological polar surface area (TPSA) is 52.7 Å². The molecule has 0 amide bonds. The maximum Gasteiger partial charge on any atom is 0.252 e. The van der Waals surface area contributed by atoms with Crippen LogP contribution in [0, 0.1) is 0 Å². The van der Waals surface area contributed by atoms with E-state index in [2.05, 4.69) is 10.2 Å². The van der Waals surface area contributed by atoms with Crippen LogP contribution in [0.3, 0.4) is 0 Å². The molecule has 20 heavy (non-hydrogen) atoms. The van der Waals surface area contributed by atoms with Gasteiger partial charge in [-0.1, -0.05) is 6.92 Å². The van der Waals surface area contributed by atoms with Crippen molar-refractivity contribution in [1.82, 2.24) is 14.5 Å². The Balaban J connectivity index is 2.09. The first kappa shape index (κ1) is 15.9. The monoisotopic (exact) mass is 317 g/mol. The minimum atomic E-state index is -3.31. The quantitative estimate of drug-likeness (QED) is 0.856. The van der Waals surface area contributed by atoms with Crippen molar-refractivity contribution in [1.29, 1.82) is 0 Å². The number of hydrogen-bond acceptors (Lipinski definition) is 5. The molecule has 0 radical (unpaired) electrons. The second kappa shape index (κ2) is 6.53. The zero-order valence-corrected chi connectivity index (χ0v) is 13.9. The lowest BCUT2D eigenvalue weighted by molar-refractivity contribution is 0.302. The number of rotatable bonds is 6. The molecule has 0 aromatic carbocycles. The van der Waals surface area contributed by atoms with Crippen molar-refractivity contribution in [2.24, 2.45) is 0 Å². The molecule has 1 aromatic rings. The highest BCUT2D eigenvalue weighted by molar-refractivity contribution is 7.91. The molecule has 0 spiro atoms. The Morgan fingerprint density at radius 1 is 1.50 bits per heavy atom. The van der Waals surface area contributed by atoms with Gasteiger partial charge in [0.2, 0.25) is 0 Å². The standard InChI is InChI=1S/C13H23N3O2S2/c1-4-14-8-11-7-13(19-10-11)20(17,18)16-6-5-12(9-16)15(2)3/h7,10,12,14H,4-6,8-9H2,1-3H3. The Bertz CT molecular complexity index is 540. The third-order valence-electron chi connectivity index (χ3n) is 3.66. The second-order valence-electron chi connectivity index (χ2n) is 5.32. The van der Waals surface area contributed by atoms with Crippen LogP contribution >= 0.6 is 11.3 Å². The lowest BCUT2D eigenvalue weighted by Crippen LogP contribution is -2.34. The molecule has 2 rings (SSSR count). The molecule has 0 aliphatic carbocycles. The van der Waals surface area contributed by atoms with Crippen molar-refractivity contribution < 1.29 is 8.42 Å². The van der Waals surface area contributed by atoms with Crippen LogP contribution in [0.4, 0.5) is 0 Å². The van der Waals surface area contributed by atoms with Crippen LogP contribution in [-0.4, -0.2) is 57.4 Å². The van der Waals surface area contributed by atoms with Crippen molar-refractivity contribution >= 4 is 21.4 Å². The molecule has 2 heterocycles. The zero-order chi connectivity index (χ0) is 14.8. The van der Waals surface area contributed by atoms with Gasteiger partial charge in [0.1, 0.15) is 4.21 Å². The number of thiophene rings is 1. The van der Waals surface area contributed by atoms with Gasteiger partial charge in [-0.25, -0.2) is 8.42 Å². The van der Waals surface area contributed by atoms with Crippen LogP contribution in [0.25, 0.3) is 0 Å². The Kier molecular flexibility index (Phi) is 5.19. The molecule has 0 bridgehead atoms. The molecule has 1 aliphatic rings. The predicted molar refractivity (Wildman–Crippen MR) is 82.6 cm³/mol. The van der Waals surface area contributed by atoms with Crippen molar-refractivity contribution in [2.45, 2.75) is 30.1 Å². The van der Waals surface area contributed by atoms with Crippen LogP contribution < -0.4 is 5.32 Å². The van der Waals surface area contributed by atoms with E-state index in [1.165, 1.54) is 11.3 Å². The third-order valence-corrected chi connectivity index (χ3v) is 6.99. The van der Waals surface area contributed by atoms with E-state index in [4.69, 9.17) is 0 Å². The fraction of sp³-hybridized carbons (Fsp3) is 0.692. The van der Waals surface area contributed by atoms with Gasteiger partial charge < -0.3 is 10.2 Å². The van der Waals surface area contributed by atoms with Crippen LogP contribution in [0.15, 0.2) is 15.7 Å². The zero-order valence-electron chi connectivity index (χ0n) is 12.3. The number of sulfonamides is 1. The summed E-state index contributed by atoms with van der Waals surface area (Å²) in [5, 5.41) is 5.14. The molecule has 1 N–H and O–H groups in total. The Morgan fingerprint density at radius 3 is 2.85 bits per heavy atom. The lowest BCUT2D eigenvalue weighted by Gasteiger charge is -2.19. The van der Waals surface area contributed by atoms with Crippen LogP contribution in [0.5, 0.6) is 0 Å². The average Bonchev–Trinajstić information content (AvgIpc) is 3.05. The summed E-state index contributed by atoms with van der Waals surface area (Å²) in [4.78, 5) is 2.10. The predicted octanol–water partition coefficient (Wildman–Crippen LogP) is 1.18. The first-order chi connectivity index (χ1) is 9.45. The summed E-state index contributed by atoms with van der Waals surface area (Å²) in [5.74, 6) is 0. The molecule has 114 valence electrons. The Morgan fingerprint density at radius 2 is 2.25 bits per heavy atom. The number of hydrogen-bond donors (Lipinski definition) is 1. The molecule has 0 saturated carbocycles. The van der Waals surface area contributed by atoms with E-state index < -0.39 is 10.0 Å². The summed E-state index contributed by atoms with van der Waals surface area (Å²) < 4.78 is 27.2. The molecular weight excluding hydrogens is 294 g/mol. The summed E-state index contributed by atoms with van der Waals surface area (Å²) in [6, 6.07) is 2.12. The minimum Gasteiger partial charge on any atom is -0.313 e. The minimum absolute atomic E-state index is 0.325. The van der Waals surface area contributed by atoms with Crippen LogP contribution in [0.2, 0.25) is 0 Å². The highest BCUT2D eigenvalue weighted by atomic mass is 32.2. The number of nitrogens with one attached hydrogen (secondary N) is 1. The average molecular weight is 317 g/mol. The van der Waals surface area contributed by atoms with Crippen LogP contribution in [0.1, 0.15) is 18.9 Å². The number of likely N-dealkylation sites (N-methyl/N-ethyl adjacent to an activating group) is 1. The van der Waals surface area contributed by atoms with Crippen molar-refractivity contribution in [3.63, 3.8) is 0 Å². The lowest BCUT2D eigenvalue weighted by atomic mass is 10.2. The molecule has 7 heteroatoms. The van der Waals surface area contributed by atoms with Gasteiger partial charge in [0.25, 0.3) is 10.0 Å². The molecule has 1 saturated heterocycles. The smallest absolute Gasteiger partial charge is 0.252 e. The van der Waals surface area contributed by atoms with Gasteiger partial charge in [-0.15, -0.1) is 11.3 Å². The highest BCUT2D eigenvalue weighted by Crippen LogP contribution is 2.27. The van der Waals surface area contributed by atoms with Gasteiger partial charge in [-0.05, 0) is 44.1 Å². The molecule has 1 aromatic heterocycles. The third kappa shape index (κ3) is 3.40. The van der Waals surface area contributed by atoms with E-state index in [0.29, 0.717) is 23.3 Å². The summed E-state index contributed by atoms with van der Waals surface area (Å²) in [6.07, 6.45) is 0.905. The summed E-state index contributed by atoms with van der Waals surface area (Å²) in [5.41, 5.74) is 1.04. The number of nitrogens with zero attached hydrogens (tertiary/aromatic N) is 2. The molecular formula is C13H23N3O2S2. The van der Waals surface area contributed by atoms with Gasteiger partial charge in [-0.3, -0.25) is 0 Å². The van der Waals surface area contributed by atoms with Gasteiger partial charge in [-0.2, -0.15) is 4.31 Å². The molecule has 1 fully saturated rings. The molecule has 1 unspecified atom stereocenters. The Labute approximate surface area is 125 Å². The maximum atomic E-state index is 12.6. The summed E-state index contributed by atoms with van der Waals surface area (Å²) in [7, 11) is 0.689. The van der Waals surface area contributed by atoms with E-state index in [1.807, 2.05) is 26.4 Å². The normalized spacial score (nSPS) is 20.9. The van der Waals surface area contributed by atoms with Gasteiger partial charge in [0.15, 0.2) is 0 Å². The van der Waals surface area contributed by atoms with Gasteiger partial charge in [0, 0.05) is 25.7 Å². The SMILES string of the molecule is CCNCc1csc(S(=O)(=O)N2CCC(N(C)C)C2)c1. The molecule has 1 atom stereocenters. The maximum absolute atomic E-state index is 12.6. The largest absolute Gasteiger partial charge is 0.313 e. The van der Waals surface area contributed by atoms with Crippen molar-refractivity contribution in [2.75, 3.05) is 33.7 Å². The second-order valence-corrected chi connectivity index (χ2v) is 8.40. The molecule has 1 aliphatic heterocycles. The Hall–Kier alpha value is -0.470. The van der Waals surface area contributed by atoms with Crippen LogP contribution in [-0.2, 0) is 16.6 Å². The van der Waals surface area contributed by atoms with E-state index >= 15 is 0 Å². The molecule has 5 nitrogen and oxygen atoms in total. The van der Waals surface area contributed by atoms with Gasteiger partial charge in [0.05, 0.1) is 0 Å². The van der Waals surface area contributed by atoms with E-state index in [9.17, 15) is 8.42 Å². The summed E-state index contributed by atoms with van der Waals surface area (Å²) >= 11 is 1.32. The van der Waals surface area contributed by atoms with Gasteiger partial charge >= 0.3 is 0 Å². The van der Waals surface area contributed by atoms with E-state index in [-0.39, 0.29) is 0 Å². The van der Waals surface area contributed by atoms with E-state index in [0.717, 1.165) is 25.1 Å². The van der Waals surface area contributed by atoms with Crippen molar-refractivity contribution in [3.05, 3.63) is 17.0 Å².